The summed E-state index contributed by atoms with van der Waals surface area (Å²) in [5.41, 5.74) is 1.61. The number of allylic oxidation sites excluding steroid dienone is 1. The van der Waals surface area contributed by atoms with Crippen LogP contribution in [0, 0.1) is 17.2 Å². The van der Waals surface area contributed by atoms with Crippen molar-refractivity contribution in [1.82, 2.24) is 15.1 Å². The lowest BCUT2D eigenvalue weighted by molar-refractivity contribution is -0.129. The number of benzene rings is 1. The van der Waals surface area contributed by atoms with Crippen molar-refractivity contribution in [3.05, 3.63) is 54.4 Å². The normalized spacial score (nSPS) is 11.8. The molecule has 0 saturated carbocycles. The second-order valence-electron chi connectivity index (χ2n) is 5.14. The first-order valence-electron chi connectivity index (χ1n) is 7.65. The molecule has 0 fully saturated rings. The van der Waals surface area contributed by atoms with Gasteiger partial charge in [-0.05, 0) is 30.7 Å². The zero-order valence-electron chi connectivity index (χ0n) is 13.3. The number of carbonyl (C=O) groups is 2. The van der Waals surface area contributed by atoms with Crippen LogP contribution in [0.15, 0.2) is 48.8 Å². The molecular weight excluding hydrogens is 304 g/mol. The molecule has 6 nitrogen and oxygen atoms in total. The molecular formula is C18H18N4O2. The van der Waals surface area contributed by atoms with Crippen LogP contribution in [-0.4, -0.2) is 28.0 Å². The molecule has 2 rings (SSSR count). The highest BCUT2D eigenvalue weighted by molar-refractivity contribution is 6.10. The Balaban J connectivity index is 2.05. The van der Waals surface area contributed by atoms with E-state index in [-0.39, 0.29) is 0 Å². The SMILES string of the molecule is CCCNC(=O)C(C#N)C(=O)C=Cc1cnn(-c2ccccc2)c1. The maximum Gasteiger partial charge on any atom is 0.245 e. The maximum absolute atomic E-state index is 12.0. The molecule has 1 unspecified atom stereocenters. The summed E-state index contributed by atoms with van der Waals surface area (Å²) in [6.45, 7) is 2.34. The Hall–Kier alpha value is -3.20. The third-order valence-electron chi connectivity index (χ3n) is 3.29. The van der Waals surface area contributed by atoms with Crippen LogP contribution in [0.3, 0.4) is 0 Å². The van der Waals surface area contributed by atoms with Crippen molar-refractivity contribution in [1.29, 1.82) is 5.26 Å². The largest absolute Gasteiger partial charge is 0.355 e. The van der Waals surface area contributed by atoms with Crippen molar-refractivity contribution in [2.24, 2.45) is 5.92 Å². The minimum Gasteiger partial charge on any atom is -0.355 e. The quantitative estimate of drug-likeness (QED) is 0.625. The summed E-state index contributed by atoms with van der Waals surface area (Å²) >= 11 is 0. The smallest absolute Gasteiger partial charge is 0.245 e. The first-order valence-corrected chi connectivity index (χ1v) is 7.65. The number of nitrogens with zero attached hydrogens (tertiary/aromatic N) is 3. The first-order chi connectivity index (χ1) is 11.7. The number of hydrogen-bond acceptors (Lipinski definition) is 4. The van der Waals surface area contributed by atoms with Crippen LogP contribution in [0.2, 0.25) is 0 Å². The van der Waals surface area contributed by atoms with Crippen molar-refractivity contribution in [2.45, 2.75) is 13.3 Å². The number of hydrogen-bond donors (Lipinski definition) is 1. The molecule has 1 amide bonds. The molecule has 0 aliphatic heterocycles. The van der Waals surface area contributed by atoms with E-state index in [1.54, 1.807) is 29.2 Å². The van der Waals surface area contributed by atoms with Gasteiger partial charge in [0, 0.05) is 18.3 Å². The zero-order valence-corrected chi connectivity index (χ0v) is 13.3. The van der Waals surface area contributed by atoms with E-state index in [4.69, 9.17) is 5.26 Å². The average Bonchev–Trinajstić information content (AvgIpc) is 3.08. The summed E-state index contributed by atoms with van der Waals surface area (Å²) in [6.07, 6.45) is 6.90. The minimum absolute atomic E-state index is 0.442. The lowest BCUT2D eigenvalue weighted by atomic mass is 10.0. The lowest BCUT2D eigenvalue weighted by Crippen LogP contribution is -2.34. The summed E-state index contributed by atoms with van der Waals surface area (Å²) in [4.78, 5) is 23.8. The number of aromatic nitrogens is 2. The topological polar surface area (TPSA) is 87.8 Å². The van der Waals surface area contributed by atoms with Gasteiger partial charge in [0.1, 0.15) is 0 Å². The third-order valence-corrected chi connectivity index (χ3v) is 3.29. The zero-order chi connectivity index (χ0) is 17.4. The molecule has 0 aliphatic rings. The highest BCUT2D eigenvalue weighted by Gasteiger charge is 2.23. The molecule has 122 valence electrons. The Morgan fingerprint density at radius 2 is 2.12 bits per heavy atom. The summed E-state index contributed by atoms with van der Waals surface area (Å²) in [5.74, 6) is -2.43. The Morgan fingerprint density at radius 1 is 1.38 bits per heavy atom. The van der Waals surface area contributed by atoms with Gasteiger partial charge in [-0.2, -0.15) is 10.4 Å². The van der Waals surface area contributed by atoms with Gasteiger partial charge in [0.05, 0.1) is 18.0 Å². The fourth-order valence-corrected chi connectivity index (χ4v) is 2.02. The van der Waals surface area contributed by atoms with Crippen LogP contribution in [0.5, 0.6) is 0 Å². The van der Waals surface area contributed by atoms with E-state index in [0.29, 0.717) is 12.1 Å². The fraction of sp³-hybridized carbons (Fsp3) is 0.222. The predicted molar refractivity (Wildman–Crippen MR) is 90.0 cm³/mol. The van der Waals surface area contributed by atoms with E-state index < -0.39 is 17.6 Å². The fourth-order valence-electron chi connectivity index (χ4n) is 2.02. The van der Waals surface area contributed by atoms with Gasteiger partial charge in [0.15, 0.2) is 11.7 Å². The van der Waals surface area contributed by atoms with Gasteiger partial charge in [-0.1, -0.05) is 25.1 Å². The van der Waals surface area contributed by atoms with Crippen LogP contribution in [0.25, 0.3) is 11.8 Å². The van der Waals surface area contributed by atoms with E-state index in [9.17, 15) is 9.59 Å². The summed E-state index contributed by atoms with van der Waals surface area (Å²) in [5, 5.41) is 15.8. The number of nitrogens with one attached hydrogen (secondary N) is 1. The van der Waals surface area contributed by atoms with Gasteiger partial charge in [0.2, 0.25) is 5.91 Å². The van der Waals surface area contributed by atoms with Crippen LogP contribution < -0.4 is 5.32 Å². The van der Waals surface area contributed by atoms with E-state index in [0.717, 1.165) is 12.1 Å². The van der Waals surface area contributed by atoms with E-state index in [2.05, 4.69) is 10.4 Å². The maximum atomic E-state index is 12.0. The number of carbonyl (C=O) groups excluding carboxylic acids is 2. The Labute approximate surface area is 140 Å². The van der Waals surface area contributed by atoms with Gasteiger partial charge in [-0.15, -0.1) is 0 Å². The van der Waals surface area contributed by atoms with Crippen molar-refractivity contribution >= 4 is 17.8 Å². The molecule has 1 aromatic heterocycles. The third kappa shape index (κ3) is 4.40. The number of para-hydroxylation sites is 1. The van der Waals surface area contributed by atoms with Crippen LogP contribution in [-0.2, 0) is 9.59 Å². The predicted octanol–water partition coefficient (Wildman–Crippen LogP) is 2.12. The molecule has 1 heterocycles. The van der Waals surface area contributed by atoms with Crippen molar-refractivity contribution < 1.29 is 9.59 Å². The molecule has 0 spiro atoms. The molecule has 24 heavy (non-hydrogen) atoms. The molecule has 6 heteroatoms. The molecule has 2 aromatic rings. The van der Waals surface area contributed by atoms with Crippen LogP contribution in [0.4, 0.5) is 0 Å². The second-order valence-corrected chi connectivity index (χ2v) is 5.14. The summed E-state index contributed by atoms with van der Waals surface area (Å²) in [6, 6.07) is 11.3. The minimum atomic E-state index is -1.32. The molecule has 0 saturated heterocycles. The monoisotopic (exact) mass is 322 g/mol. The Morgan fingerprint density at radius 3 is 2.79 bits per heavy atom. The van der Waals surface area contributed by atoms with E-state index in [1.165, 1.54) is 6.08 Å². The van der Waals surface area contributed by atoms with E-state index >= 15 is 0 Å². The average molecular weight is 322 g/mol. The molecule has 0 radical (unpaired) electrons. The van der Waals surface area contributed by atoms with Crippen molar-refractivity contribution in [2.75, 3.05) is 6.54 Å². The molecule has 1 atom stereocenters. The second kappa shape index (κ2) is 8.44. The van der Waals surface area contributed by atoms with Crippen molar-refractivity contribution in [3.63, 3.8) is 0 Å². The molecule has 1 aromatic carbocycles. The van der Waals surface area contributed by atoms with Crippen molar-refractivity contribution in [3.8, 4) is 11.8 Å². The summed E-state index contributed by atoms with van der Waals surface area (Å²) < 4.78 is 1.68. The van der Waals surface area contributed by atoms with Crippen LogP contribution >= 0.6 is 0 Å². The van der Waals surface area contributed by atoms with Crippen LogP contribution in [0.1, 0.15) is 18.9 Å². The standard InChI is InChI=1S/C18H18N4O2/c1-2-10-20-18(24)16(11-19)17(23)9-8-14-12-21-22(13-14)15-6-4-3-5-7-15/h3-9,12-13,16H,2,10H2,1H3,(H,20,24). The molecule has 0 bridgehead atoms. The number of amides is 1. The summed E-state index contributed by atoms with van der Waals surface area (Å²) in [7, 11) is 0. The lowest BCUT2D eigenvalue weighted by Gasteiger charge is -2.05. The highest BCUT2D eigenvalue weighted by atomic mass is 16.2. The van der Waals surface area contributed by atoms with Gasteiger partial charge in [0.25, 0.3) is 0 Å². The molecule has 1 N–H and O–H groups in total. The van der Waals surface area contributed by atoms with Gasteiger partial charge in [-0.3, -0.25) is 9.59 Å². The van der Waals surface area contributed by atoms with E-state index in [1.807, 2.05) is 37.3 Å². The van der Waals surface area contributed by atoms with Gasteiger partial charge < -0.3 is 5.32 Å². The van der Waals surface area contributed by atoms with Gasteiger partial charge in [-0.25, -0.2) is 4.68 Å². The Bertz CT molecular complexity index is 772. The van der Waals surface area contributed by atoms with Gasteiger partial charge >= 0.3 is 0 Å². The first kappa shape index (κ1) is 17.2. The number of rotatable bonds is 7. The number of ketones is 1. The Kier molecular flexibility index (Phi) is 6.03. The highest BCUT2D eigenvalue weighted by Crippen LogP contribution is 2.09. The molecule has 0 aliphatic carbocycles. The number of nitriles is 1.